The van der Waals surface area contributed by atoms with Crippen LogP contribution in [0.1, 0.15) is 91.4 Å². The van der Waals surface area contributed by atoms with Crippen LogP contribution in [0.2, 0.25) is 0 Å². The maximum absolute atomic E-state index is 13.9. The molecule has 0 aromatic carbocycles. The quantitative estimate of drug-likeness (QED) is 0.0403. The molecule has 13 atom stereocenters. The van der Waals surface area contributed by atoms with Crippen molar-refractivity contribution in [1.29, 1.82) is 0 Å². The second-order valence-electron chi connectivity index (χ2n) is 16.7. The van der Waals surface area contributed by atoms with E-state index in [2.05, 4.69) is 13.5 Å². The van der Waals surface area contributed by atoms with Gasteiger partial charge in [-0.15, -0.1) is 0 Å². The van der Waals surface area contributed by atoms with Crippen LogP contribution in [-0.2, 0) is 19.0 Å². The summed E-state index contributed by atoms with van der Waals surface area (Å²) in [7, 11) is 0. The van der Waals surface area contributed by atoms with Crippen LogP contribution in [0.3, 0.4) is 0 Å². The Morgan fingerprint density at radius 3 is 1.74 bits per heavy atom. The lowest BCUT2D eigenvalue weighted by molar-refractivity contribution is -0.238. The number of hydrogen-bond donors (Lipinski definition) is 14. The van der Waals surface area contributed by atoms with Crippen LogP contribution in [0, 0.1) is 34.0 Å². The summed E-state index contributed by atoms with van der Waals surface area (Å²) in [5, 5.41) is 142. The third-order valence-corrected chi connectivity index (χ3v) is 13.7. The second kappa shape index (κ2) is 18.0. The number of aliphatic hydroxyl groups is 14. The number of carbonyl (C=O) groups excluding carboxylic acids is 1. The molecule has 4 fully saturated rings. The average molecular weight is 819 g/mol. The van der Waals surface area contributed by atoms with E-state index >= 15 is 0 Å². The van der Waals surface area contributed by atoms with Gasteiger partial charge in [0.05, 0.1) is 11.0 Å². The summed E-state index contributed by atoms with van der Waals surface area (Å²) in [5.74, 6) is -7.96. The van der Waals surface area contributed by atoms with Gasteiger partial charge < -0.3 is 85.7 Å². The van der Waals surface area contributed by atoms with Gasteiger partial charge in [-0.05, 0) is 86.0 Å². The third kappa shape index (κ3) is 8.35. The summed E-state index contributed by atoms with van der Waals surface area (Å²) in [6.07, 6.45) is -9.15. The Balaban J connectivity index is 1.60. The first-order chi connectivity index (χ1) is 26.6. The van der Waals surface area contributed by atoms with Crippen molar-refractivity contribution in [3.8, 4) is 0 Å². The molecule has 0 aliphatic heterocycles. The molecule has 0 saturated heterocycles. The highest BCUT2D eigenvalue weighted by Gasteiger charge is 2.71. The summed E-state index contributed by atoms with van der Waals surface area (Å²) in [6, 6.07) is 0. The Kier molecular flexibility index (Phi) is 14.7. The zero-order valence-corrected chi connectivity index (χ0v) is 32.7. The lowest BCUT2D eigenvalue weighted by Crippen LogP contribution is -2.62. The number of carbonyl (C=O) groups is 1. The summed E-state index contributed by atoms with van der Waals surface area (Å²) in [5.41, 5.74) is -2.57. The first-order valence-corrected chi connectivity index (χ1v) is 19.4. The van der Waals surface area contributed by atoms with E-state index in [0.29, 0.717) is 50.5 Å². The highest BCUT2D eigenvalue weighted by Crippen LogP contribution is 2.75. The normalized spacial score (nSPS) is 35.6. The van der Waals surface area contributed by atoms with E-state index in [1.54, 1.807) is 6.92 Å². The number of ether oxygens (including phenoxy) is 3. The van der Waals surface area contributed by atoms with Gasteiger partial charge in [-0.25, -0.2) is 0 Å². The van der Waals surface area contributed by atoms with Gasteiger partial charge in [0.1, 0.15) is 18.3 Å². The van der Waals surface area contributed by atoms with E-state index in [-0.39, 0.29) is 24.2 Å². The van der Waals surface area contributed by atoms with E-state index in [9.17, 15) is 66.1 Å². The standard InChI is InChI=1S/C39H62O18/c1-19-18-38-13-6-24-36(3,11-5-12-37(24,4)35(54)56-33(52)29(49)27(47)22(44)9-16-41)25(38)7-14-39(19,20(38)2)57-34(53)30(50)31(23(45)10-17-42)55-32(51)28(48)26(46)21(43)8-15-40/h20-25,32-34,40-53H,1,5-18H2,2-4H3/b28-26+,29-27-,31-30-/t20-,21?,22?,23?,24?,25+,32?,33?,34?,36-,37-,38-,39-/m1/s1. The molecule has 4 aliphatic rings. The first-order valence-electron chi connectivity index (χ1n) is 19.4. The van der Waals surface area contributed by atoms with Crippen LogP contribution in [0.4, 0.5) is 0 Å². The minimum atomic E-state index is -2.48. The van der Waals surface area contributed by atoms with Gasteiger partial charge in [-0.1, -0.05) is 26.8 Å². The van der Waals surface area contributed by atoms with Crippen molar-refractivity contribution in [1.82, 2.24) is 0 Å². The molecule has 57 heavy (non-hydrogen) atoms. The molecule has 2 bridgehead atoms. The molecule has 0 amide bonds. The maximum atomic E-state index is 13.9. The molecule has 326 valence electrons. The lowest BCUT2D eigenvalue weighted by Gasteiger charge is -2.65. The van der Waals surface area contributed by atoms with Crippen LogP contribution in [0.15, 0.2) is 46.7 Å². The zero-order valence-electron chi connectivity index (χ0n) is 32.7. The molecule has 4 rings (SSSR count). The number of fused-ring (bicyclic) bond motifs is 3. The van der Waals surface area contributed by atoms with Crippen molar-refractivity contribution in [2.24, 2.45) is 34.0 Å². The van der Waals surface area contributed by atoms with E-state index in [0.717, 1.165) is 6.42 Å². The minimum absolute atomic E-state index is 0.00312. The predicted octanol–water partition coefficient (Wildman–Crippen LogP) is 1.51. The topological polar surface area (TPSA) is 328 Å². The molecule has 18 heteroatoms. The Hall–Kier alpha value is -3.17. The van der Waals surface area contributed by atoms with E-state index < -0.39 is 132 Å². The van der Waals surface area contributed by atoms with E-state index in [4.69, 9.17) is 24.4 Å². The highest BCUT2D eigenvalue weighted by atomic mass is 16.7. The minimum Gasteiger partial charge on any atom is -0.506 e. The molecular weight excluding hydrogens is 756 g/mol. The molecule has 1 spiro atoms. The van der Waals surface area contributed by atoms with Crippen LogP contribution in [0.5, 0.6) is 0 Å². The van der Waals surface area contributed by atoms with Crippen molar-refractivity contribution in [2.45, 2.75) is 134 Å². The van der Waals surface area contributed by atoms with Gasteiger partial charge >= 0.3 is 5.97 Å². The van der Waals surface area contributed by atoms with Gasteiger partial charge in [0.2, 0.25) is 17.8 Å². The Morgan fingerprint density at radius 1 is 0.684 bits per heavy atom. The molecule has 4 saturated carbocycles. The third-order valence-electron chi connectivity index (χ3n) is 13.7. The van der Waals surface area contributed by atoms with E-state index in [1.165, 1.54) is 0 Å². The molecule has 0 heterocycles. The van der Waals surface area contributed by atoms with Crippen LogP contribution < -0.4 is 0 Å². The van der Waals surface area contributed by atoms with Crippen LogP contribution in [-0.4, -0.2) is 140 Å². The molecule has 18 nitrogen and oxygen atoms in total. The van der Waals surface area contributed by atoms with Gasteiger partial charge in [0.25, 0.3) is 12.6 Å². The first kappa shape index (κ1) is 46.5. The molecular formula is C39H62O18. The Labute approximate surface area is 330 Å². The Morgan fingerprint density at radius 2 is 1.19 bits per heavy atom. The molecule has 0 radical (unpaired) electrons. The summed E-state index contributed by atoms with van der Waals surface area (Å²) in [6.45, 7) is 8.48. The van der Waals surface area contributed by atoms with Crippen LogP contribution >= 0.6 is 0 Å². The van der Waals surface area contributed by atoms with Crippen molar-refractivity contribution < 1.29 is 90.5 Å². The van der Waals surface area contributed by atoms with Crippen molar-refractivity contribution in [2.75, 3.05) is 19.8 Å². The summed E-state index contributed by atoms with van der Waals surface area (Å²) < 4.78 is 16.7. The zero-order chi connectivity index (χ0) is 42.8. The number of hydrogen-bond acceptors (Lipinski definition) is 18. The molecule has 14 N–H and O–H groups in total. The smallest absolute Gasteiger partial charge is 0.314 e. The average Bonchev–Trinajstić information content (AvgIpc) is 3.26. The largest absolute Gasteiger partial charge is 0.506 e. The van der Waals surface area contributed by atoms with Crippen molar-refractivity contribution in [3.05, 3.63) is 46.7 Å². The van der Waals surface area contributed by atoms with Gasteiger partial charge in [-0.2, -0.15) is 0 Å². The maximum Gasteiger partial charge on any atom is 0.314 e. The molecule has 4 aliphatic carbocycles. The van der Waals surface area contributed by atoms with Crippen LogP contribution in [0.25, 0.3) is 0 Å². The number of rotatable bonds is 18. The fourth-order valence-corrected chi connectivity index (χ4v) is 10.8. The van der Waals surface area contributed by atoms with Crippen molar-refractivity contribution >= 4 is 5.97 Å². The second-order valence-corrected chi connectivity index (χ2v) is 16.7. The summed E-state index contributed by atoms with van der Waals surface area (Å²) in [4.78, 5) is 13.9. The molecule has 0 aromatic rings. The molecule has 0 aromatic heterocycles. The van der Waals surface area contributed by atoms with Gasteiger partial charge in [0.15, 0.2) is 23.0 Å². The highest BCUT2D eigenvalue weighted by molar-refractivity contribution is 5.77. The van der Waals surface area contributed by atoms with Gasteiger partial charge in [-0.3, -0.25) is 4.79 Å². The van der Waals surface area contributed by atoms with Gasteiger partial charge in [0, 0.05) is 39.1 Å². The summed E-state index contributed by atoms with van der Waals surface area (Å²) >= 11 is 0. The van der Waals surface area contributed by atoms with E-state index in [1.807, 2.05) is 6.92 Å². The SMILES string of the molecule is C=C1C[C@@]23CCC4[C@](C)(C(=O)OC(O)/C(O)=C(/O)C(O)CCO)CCC[C@@]4(C)[C@@H]2CC[C@]1(OC(O)/C(O)=C(/OC(O)/C(O)=C(\O)C(O)CCO)C(O)CCO)[C@@H]3C. The monoisotopic (exact) mass is 818 g/mol. The molecule has 7 unspecified atom stereocenters. The fourth-order valence-electron chi connectivity index (χ4n) is 10.8. The lowest BCUT2D eigenvalue weighted by atomic mass is 9.39. The Bertz CT molecular complexity index is 1560. The predicted molar refractivity (Wildman–Crippen MR) is 197 cm³/mol. The number of esters is 1. The van der Waals surface area contributed by atoms with Crippen molar-refractivity contribution in [3.63, 3.8) is 0 Å². The fraction of sp³-hybridized carbons (Fsp3) is 0.769. The number of aliphatic hydroxyl groups excluding tert-OH is 14.